The number of rotatable bonds is 3. The number of benzene rings is 2. The first-order valence-electron chi connectivity index (χ1n) is 9.72. The Balaban J connectivity index is 2.17. The summed E-state index contributed by atoms with van der Waals surface area (Å²) in [6, 6.07) is 9.20. The molecule has 0 saturated carbocycles. The van der Waals surface area contributed by atoms with Crippen LogP contribution in [0.1, 0.15) is 36.6 Å². The van der Waals surface area contributed by atoms with Crippen molar-refractivity contribution in [1.82, 2.24) is 0 Å². The van der Waals surface area contributed by atoms with Crippen LogP contribution in [0.5, 0.6) is 0 Å². The summed E-state index contributed by atoms with van der Waals surface area (Å²) in [6.45, 7) is 5.20. The van der Waals surface area contributed by atoms with Crippen molar-refractivity contribution in [3.63, 3.8) is 0 Å². The number of hydrogen-bond donors (Lipinski definition) is 1. The average Bonchev–Trinajstić information content (AvgIpc) is 2.70. The normalized spacial score (nSPS) is 17.5. The van der Waals surface area contributed by atoms with Crippen molar-refractivity contribution in [3.05, 3.63) is 59.2 Å². The zero-order valence-corrected chi connectivity index (χ0v) is 18.2. The minimum Gasteiger partial charge on any atom is -0.369 e. The highest BCUT2D eigenvalue weighted by atomic mass is 32.2. The number of carbonyl (C=O) groups excluding carboxylic acids is 1. The maximum absolute atomic E-state index is 13.3. The van der Waals surface area contributed by atoms with Crippen LogP contribution in [-0.2, 0) is 10.4 Å². The van der Waals surface area contributed by atoms with Crippen LogP contribution in [0.3, 0.4) is 0 Å². The molecule has 3 nitrogen and oxygen atoms in total. The summed E-state index contributed by atoms with van der Waals surface area (Å²) < 4.78 is 79.9. The number of halogens is 6. The number of amides is 1. The Bertz CT molecular complexity index is 1000. The molecule has 174 valence electrons. The number of carbonyl (C=O) groups is 1. The number of anilines is 1. The van der Waals surface area contributed by atoms with Gasteiger partial charge in [0.2, 0.25) is 5.91 Å². The average molecular weight is 477 g/mol. The number of aliphatic hydroxyl groups is 1. The first kappa shape index (κ1) is 24.4. The molecular weight excluding hydrogens is 456 g/mol. The second-order valence-corrected chi connectivity index (χ2v) is 9.00. The van der Waals surface area contributed by atoms with Gasteiger partial charge in [-0.1, -0.05) is 44.2 Å². The lowest BCUT2D eigenvalue weighted by Crippen LogP contribution is -2.54. The van der Waals surface area contributed by atoms with E-state index in [1.54, 1.807) is 19.9 Å². The van der Waals surface area contributed by atoms with Gasteiger partial charge in [-0.25, -0.2) is 0 Å². The minimum absolute atomic E-state index is 0.0632. The van der Waals surface area contributed by atoms with Crippen molar-refractivity contribution in [1.29, 1.82) is 0 Å². The molecule has 0 saturated heterocycles. The van der Waals surface area contributed by atoms with Crippen molar-refractivity contribution < 1.29 is 36.2 Å². The molecule has 0 bridgehead atoms. The SMILES string of the molecule is Cc1ccccc1C1CSc2cc(C(O)(C(F)(F)F)C(F)(F)F)ccc2N1C(=O)C(C)C. The highest BCUT2D eigenvalue weighted by Crippen LogP contribution is 2.52. The third-order valence-corrected chi connectivity index (χ3v) is 6.57. The summed E-state index contributed by atoms with van der Waals surface area (Å²) in [6.07, 6.45) is -12.0. The summed E-state index contributed by atoms with van der Waals surface area (Å²) in [5.74, 6) is -0.537. The third kappa shape index (κ3) is 3.98. The van der Waals surface area contributed by atoms with E-state index in [1.807, 2.05) is 25.1 Å². The van der Waals surface area contributed by atoms with E-state index in [0.717, 1.165) is 29.0 Å². The smallest absolute Gasteiger partial charge is 0.369 e. The second kappa shape index (κ2) is 8.30. The van der Waals surface area contributed by atoms with E-state index in [9.17, 15) is 36.2 Å². The Morgan fingerprint density at radius 1 is 1.06 bits per heavy atom. The van der Waals surface area contributed by atoms with E-state index in [4.69, 9.17) is 0 Å². The Labute approximate surface area is 185 Å². The van der Waals surface area contributed by atoms with Crippen LogP contribution in [0.15, 0.2) is 47.4 Å². The fraction of sp³-hybridized carbons (Fsp3) is 0.409. The second-order valence-electron chi connectivity index (χ2n) is 7.93. The van der Waals surface area contributed by atoms with Crippen LogP contribution in [0.4, 0.5) is 32.0 Å². The first-order valence-corrected chi connectivity index (χ1v) is 10.7. The molecule has 32 heavy (non-hydrogen) atoms. The van der Waals surface area contributed by atoms with Gasteiger partial charge in [-0.05, 0) is 30.2 Å². The molecule has 1 amide bonds. The van der Waals surface area contributed by atoms with Crippen molar-refractivity contribution >= 4 is 23.4 Å². The predicted molar refractivity (Wildman–Crippen MR) is 109 cm³/mol. The standard InChI is InChI=1S/C22H21F6NO2S/c1-12(2)19(30)29-16-9-8-14(20(31,21(23,24)25)22(26,27)28)10-18(16)32-11-17(29)15-7-5-4-6-13(15)3/h4-10,12,17,31H,11H2,1-3H3. The quantitative estimate of drug-likeness (QED) is 0.540. The number of alkyl halides is 6. The van der Waals surface area contributed by atoms with Gasteiger partial charge in [0.15, 0.2) is 0 Å². The van der Waals surface area contributed by atoms with Gasteiger partial charge in [0.1, 0.15) is 0 Å². The zero-order valence-electron chi connectivity index (χ0n) is 17.4. The van der Waals surface area contributed by atoms with Crippen molar-refractivity contribution in [2.45, 2.75) is 49.7 Å². The van der Waals surface area contributed by atoms with Gasteiger partial charge in [0, 0.05) is 22.1 Å². The maximum atomic E-state index is 13.3. The summed E-state index contributed by atoms with van der Waals surface area (Å²) >= 11 is 1.05. The summed E-state index contributed by atoms with van der Waals surface area (Å²) in [5, 5.41) is 9.75. The van der Waals surface area contributed by atoms with Crippen molar-refractivity contribution in [3.8, 4) is 0 Å². The first-order chi connectivity index (χ1) is 14.7. The molecule has 1 heterocycles. The van der Waals surface area contributed by atoms with Gasteiger partial charge in [-0.15, -0.1) is 11.8 Å². The Morgan fingerprint density at radius 2 is 1.66 bits per heavy atom. The van der Waals surface area contributed by atoms with Crippen LogP contribution in [0, 0.1) is 12.8 Å². The number of nitrogens with zero attached hydrogens (tertiary/aromatic N) is 1. The van der Waals surface area contributed by atoms with Gasteiger partial charge in [-0.2, -0.15) is 26.3 Å². The Hall–Kier alpha value is -2.20. The number of thioether (sulfide) groups is 1. The molecule has 0 spiro atoms. The molecule has 2 aromatic carbocycles. The van der Waals surface area contributed by atoms with E-state index >= 15 is 0 Å². The van der Waals surface area contributed by atoms with Crippen LogP contribution >= 0.6 is 11.8 Å². The largest absolute Gasteiger partial charge is 0.430 e. The molecule has 1 aliphatic rings. The van der Waals surface area contributed by atoms with Crippen LogP contribution in [0.25, 0.3) is 0 Å². The van der Waals surface area contributed by atoms with Gasteiger partial charge < -0.3 is 10.0 Å². The van der Waals surface area contributed by atoms with Gasteiger partial charge in [-0.3, -0.25) is 4.79 Å². The van der Waals surface area contributed by atoms with Gasteiger partial charge in [0.05, 0.1) is 11.7 Å². The van der Waals surface area contributed by atoms with E-state index in [2.05, 4.69) is 0 Å². The van der Waals surface area contributed by atoms with Gasteiger partial charge >= 0.3 is 12.4 Å². The van der Waals surface area contributed by atoms with E-state index in [0.29, 0.717) is 12.1 Å². The summed E-state index contributed by atoms with van der Waals surface area (Å²) in [4.78, 5) is 14.6. The molecule has 0 aromatic heterocycles. The molecule has 0 fully saturated rings. The Kier molecular flexibility index (Phi) is 6.34. The highest BCUT2D eigenvalue weighted by molar-refractivity contribution is 7.99. The highest BCUT2D eigenvalue weighted by Gasteiger charge is 2.71. The summed E-state index contributed by atoms with van der Waals surface area (Å²) in [5.41, 5.74) is -4.40. The molecule has 1 N–H and O–H groups in total. The molecule has 1 unspecified atom stereocenters. The molecule has 10 heteroatoms. The molecule has 0 radical (unpaired) electrons. The molecule has 1 atom stereocenters. The summed E-state index contributed by atoms with van der Waals surface area (Å²) in [7, 11) is 0. The van der Waals surface area contributed by atoms with Crippen LogP contribution in [0.2, 0.25) is 0 Å². The van der Waals surface area contributed by atoms with Gasteiger partial charge in [0.25, 0.3) is 5.60 Å². The van der Waals surface area contributed by atoms with E-state index in [-0.39, 0.29) is 22.2 Å². The third-order valence-electron chi connectivity index (χ3n) is 5.44. The number of hydrogen-bond acceptors (Lipinski definition) is 3. The van der Waals surface area contributed by atoms with Crippen LogP contribution in [-0.4, -0.2) is 29.1 Å². The molecule has 2 aromatic rings. The Morgan fingerprint density at radius 3 is 2.19 bits per heavy atom. The zero-order chi connectivity index (χ0) is 24.1. The predicted octanol–water partition coefficient (Wildman–Crippen LogP) is 6.14. The lowest BCUT2D eigenvalue weighted by atomic mass is 9.91. The minimum atomic E-state index is -5.98. The van der Waals surface area contributed by atoms with E-state index in [1.165, 1.54) is 4.90 Å². The molecule has 0 aliphatic carbocycles. The fourth-order valence-corrected chi connectivity index (χ4v) is 4.88. The van der Waals surface area contributed by atoms with Crippen LogP contribution < -0.4 is 4.90 Å². The molecule has 3 rings (SSSR count). The fourth-order valence-electron chi connectivity index (χ4n) is 3.69. The molecule has 1 aliphatic heterocycles. The maximum Gasteiger partial charge on any atom is 0.430 e. The van der Waals surface area contributed by atoms with Crippen molar-refractivity contribution in [2.24, 2.45) is 5.92 Å². The number of aryl methyl sites for hydroxylation is 1. The monoisotopic (exact) mass is 477 g/mol. The van der Waals surface area contributed by atoms with Crippen molar-refractivity contribution in [2.75, 3.05) is 10.7 Å². The number of fused-ring (bicyclic) bond motifs is 1. The lowest BCUT2D eigenvalue weighted by molar-refractivity contribution is -0.376. The topological polar surface area (TPSA) is 40.5 Å². The molecular formula is C22H21F6NO2S. The lowest BCUT2D eigenvalue weighted by Gasteiger charge is -2.40. The van der Waals surface area contributed by atoms with E-state index < -0.39 is 35.5 Å².